The molecule has 2 aliphatic heterocycles. The molecule has 1 N–H and O–H groups in total. The topological polar surface area (TPSA) is 35.6 Å². The lowest BCUT2D eigenvalue weighted by molar-refractivity contribution is -0.136. The number of amides is 1. The molecule has 1 amide bonds. The first-order chi connectivity index (χ1) is 10.7. The summed E-state index contributed by atoms with van der Waals surface area (Å²) in [5.41, 5.74) is 2.50. The van der Waals surface area contributed by atoms with E-state index in [2.05, 4.69) is 41.4 Å². The van der Waals surface area contributed by atoms with Crippen LogP contribution in [0.1, 0.15) is 11.1 Å². The maximum Gasteiger partial charge on any atom is 0.237 e. The predicted octanol–water partition coefficient (Wildman–Crippen LogP) is 1.95. The molecule has 1 aliphatic carbocycles. The van der Waals surface area contributed by atoms with Crippen LogP contribution < -0.4 is 5.32 Å². The number of rotatable bonds is 4. The molecule has 1 aromatic rings. The number of aryl methyl sites for hydroxylation is 1. The van der Waals surface area contributed by atoms with Crippen molar-refractivity contribution in [3.63, 3.8) is 0 Å². The third-order valence-corrected chi connectivity index (χ3v) is 5.63. The summed E-state index contributed by atoms with van der Waals surface area (Å²) in [5.74, 6) is 2.91. The molecule has 6 heteroatoms. The summed E-state index contributed by atoms with van der Waals surface area (Å²) < 4.78 is 0. The second kappa shape index (κ2) is 8.05. The fourth-order valence-corrected chi connectivity index (χ4v) is 4.11. The van der Waals surface area contributed by atoms with Gasteiger partial charge in [0, 0.05) is 26.2 Å². The SMILES string of the molecule is Cc1ccc(CN2CCN(CC3[C@H]4CNC[C@@H]34)CC2=O)cc1.Cl.Cl. The van der Waals surface area contributed by atoms with Crippen LogP contribution >= 0.6 is 24.8 Å². The van der Waals surface area contributed by atoms with E-state index in [0.29, 0.717) is 6.54 Å². The van der Waals surface area contributed by atoms with Crippen molar-refractivity contribution < 1.29 is 4.79 Å². The standard InChI is InChI=1S/C18H25N3O.2ClH/c1-13-2-4-14(5-3-13)10-21-7-6-20(12-18(21)22)11-17-15-8-19-9-16(15)17;;/h2-5,15-17,19H,6-12H2,1H3;2*1H/t15-,16+,17?;;. The van der Waals surface area contributed by atoms with Gasteiger partial charge in [-0.3, -0.25) is 9.69 Å². The van der Waals surface area contributed by atoms with Crippen LogP contribution in [0.4, 0.5) is 0 Å². The molecule has 3 atom stereocenters. The molecule has 0 spiro atoms. The van der Waals surface area contributed by atoms with Gasteiger partial charge in [-0.2, -0.15) is 0 Å². The summed E-state index contributed by atoms with van der Waals surface area (Å²) in [6.45, 7) is 8.86. The minimum absolute atomic E-state index is 0. The van der Waals surface area contributed by atoms with Crippen molar-refractivity contribution in [1.82, 2.24) is 15.1 Å². The number of hydrogen-bond acceptors (Lipinski definition) is 3. The van der Waals surface area contributed by atoms with Gasteiger partial charge in [-0.1, -0.05) is 29.8 Å². The van der Waals surface area contributed by atoms with Crippen molar-refractivity contribution in [2.24, 2.45) is 17.8 Å². The number of carbonyl (C=O) groups is 1. The van der Waals surface area contributed by atoms with Crippen molar-refractivity contribution >= 4 is 30.7 Å². The number of nitrogens with one attached hydrogen (secondary N) is 1. The summed E-state index contributed by atoms with van der Waals surface area (Å²) in [6, 6.07) is 8.51. The Kier molecular flexibility index (Phi) is 6.54. The lowest BCUT2D eigenvalue weighted by atomic mass is 10.1. The second-order valence-electron chi connectivity index (χ2n) is 7.19. The molecule has 1 unspecified atom stereocenters. The predicted molar refractivity (Wildman–Crippen MR) is 101 cm³/mol. The molecule has 2 heterocycles. The third-order valence-electron chi connectivity index (χ3n) is 5.63. The zero-order valence-corrected chi connectivity index (χ0v) is 15.7. The summed E-state index contributed by atoms with van der Waals surface area (Å²) in [7, 11) is 0. The fourth-order valence-electron chi connectivity index (χ4n) is 4.11. The molecule has 2 saturated heterocycles. The Balaban J connectivity index is 0.00000104. The highest BCUT2D eigenvalue weighted by molar-refractivity contribution is 5.85. The molecule has 24 heavy (non-hydrogen) atoms. The van der Waals surface area contributed by atoms with E-state index in [-0.39, 0.29) is 30.7 Å². The molecule has 0 bridgehead atoms. The van der Waals surface area contributed by atoms with Gasteiger partial charge >= 0.3 is 0 Å². The van der Waals surface area contributed by atoms with Crippen LogP contribution in [-0.4, -0.2) is 55.0 Å². The highest BCUT2D eigenvalue weighted by atomic mass is 35.5. The van der Waals surface area contributed by atoms with Crippen molar-refractivity contribution in [2.75, 3.05) is 39.3 Å². The van der Waals surface area contributed by atoms with Crippen LogP contribution in [0.3, 0.4) is 0 Å². The Labute approximate surface area is 156 Å². The Morgan fingerprint density at radius 3 is 2.38 bits per heavy atom. The molecular weight excluding hydrogens is 345 g/mol. The maximum atomic E-state index is 12.4. The number of piperidine rings is 1. The number of piperazine rings is 1. The first-order valence-corrected chi connectivity index (χ1v) is 8.47. The number of benzene rings is 1. The highest BCUT2D eigenvalue weighted by Gasteiger charge is 2.53. The minimum Gasteiger partial charge on any atom is -0.336 e. The Hall–Kier alpha value is -0.810. The first-order valence-electron chi connectivity index (χ1n) is 8.47. The van der Waals surface area contributed by atoms with E-state index < -0.39 is 0 Å². The Morgan fingerprint density at radius 2 is 1.75 bits per heavy atom. The molecule has 4 rings (SSSR count). The molecule has 4 nitrogen and oxygen atoms in total. The van der Waals surface area contributed by atoms with Crippen LogP contribution in [0, 0.1) is 24.7 Å². The number of fused-ring (bicyclic) bond motifs is 1. The van der Waals surface area contributed by atoms with E-state index in [9.17, 15) is 4.79 Å². The van der Waals surface area contributed by atoms with Crippen molar-refractivity contribution in [3.8, 4) is 0 Å². The first kappa shape index (κ1) is 19.5. The fraction of sp³-hybridized carbons (Fsp3) is 0.611. The van der Waals surface area contributed by atoms with Gasteiger partial charge in [0.1, 0.15) is 0 Å². The van der Waals surface area contributed by atoms with Gasteiger partial charge in [0.25, 0.3) is 0 Å². The molecule has 3 aliphatic rings. The summed E-state index contributed by atoms with van der Waals surface area (Å²) in [4.78, 5) is 16.8. The molecule has 1 saturated carbocycles. The average molecular weight is 372 g/mol. The molecule has 3 fully saturated rings. The van der Waals surface area contributed by atoms with Gasteiger partial charge in [-0.05, 0) is 43.3 Å². The van der Waals surface area contributed by atoms with Gasteiger partial charge in [0.15, 0.2) is 0 Å². The molecule has 134 valence electrons. The van der Waals surface area contributed by atoms with E-state index in [0.717, 1.165) is 43.9 Å². The number of nitrogens with zero attached hydrogens (tertiary/aromatic N) is 2. The molecule has 1 aromatic carbocycles. The lowest BCUT2D eigenvalue weighted by Crippen LogP contribution is -2.50. The smallest absolute Gasteiger partial charge is 0.237 e. The average Bonchev–Trinajstić information content (AvgIpc) is 2.95. The quantitative estimate of drug-likeness (QED) is 0.878. The van der Waals surface area contributed by atoms with E-state index in [1.54, 1.807) is 0 Å². The summed E-state index contributed by atoms with van der Waals surface area (Å²) in [5, 5.41) is 3.44. The van der Waals surface area contributed by atoms with Crippen LogP contribution in [0.2, 0.25) is 0 Å². The van der Waals surface area contributed by atoms with Crippen molar-refractivity contribution in [2.45, 2.75) is 13.5 Å². The number of halogens is 2. The third kappa shape index (κ3) is 4.05. The van der Waals surface area contributed by atoms with Crippen LogP contribution in [-0.2, 0) is 11.3 Å². The minimum atomic E-state index is 0. The van der Waals surface area contributed by atoms with Gasteiger partial charge in [0.2, 0.25) is 5.91 Å². The lowest BCUT2D eigenvalue weighted by Gasteiger charge is -2.34. The second-order valence-corrected chi connectivity index (χ2v) is 7.19. The van der Waals surface area contributed by atoms with Crippen molar-refractivity contribution in [3.05, 3.63) is 35.4 Å². The zero-order chi connectivity index (χ0) is 15.1. The van der Waals surface area contributed by atoms with Crippen LogP contribution in [0.5, 0.6) is 0 Å². The number of hydrogen-bond donors (Lipinski definition) is 1. The largest absolute Gasteiger partial charge is 0.336 e. The monoisotopic (exact) mass is 371 g/mol. The number of carbonyl (C=O) groups excluding carboxylic acids is 1. The Bertz CT molecular complexity index is 556. The summed E-state index contributed by atoms with van der Waals surface area (Å²) in [6.07, 6.45) is 0. The zero-order valence-electron chi connectivity index (χ0n) is 14.1. The van der Waals surface area contributed by atoms with E-state index in [4.69, 9.17) is 0 Å². The maximum absolute atomic E-state index is 12.4. The van der Waals surface area contributed by atoms with Gasteiger partial charge < -0.3 is 10.2 Å². The van der Waals surface area contributed by atoms with E-state index >= 15 is 0 Å². The van der Waals surface area contributed by atoms with Crippen molar-refractivity contribution in [1.29, 1.82) is 0 Å². The van der Waals surface area contributed by atoms with E-state index in [1.807, 2.05) is 4.90 Å². The normalized spacial score (nSPS) is 28.8. The molecular formula is C18H27Cl2N3O. The Morgan fingerprint density at radius 1 is 1.08 bits per heavy atom. The van der Waals surface area contributed by atoms with Gasteiger partial charge in [0.05, 0.1) is 6.54 Å². The van der Waals surface area contributed by atoms with E-state index in [1.165, 1.54) is 24.2 Å². The van der Waals surface area contributed by atoms with Gasteiger partial charge in [-0.25, -0.2) is 0 Å². The highest BCUT2D eigenvalue weighted by Crippen LogP contribution is 2.48. The summed E-state index contributed by atoms with van der Waals surface area (Å²) >= 11 is 0. The molecule has 0 aromatic heterocycles. The van der Waals surface area contributed by atoms with Gasteiger partial charge in [-0.15, -0.1) is 24.8 Å². The van der Waals surface area contributed by atoms with Crippen LogP contribution in [0.25, 0.3) is 0 Å². The van der Waals surface area contributed by atoms with Crippen LogP contribution in [0.15, 0.2) is 24.3 Å². The molecule has 0 radical (unpaired) electrons.